The van der Waals surface area contributed by atoms with Gasteiger partial charge in [0.05, 0.1) is 23.3 Å². The highest BCUT2D eigenvalue weighted by atomic mass is 32.2. The molecule has 0 atom stereocenters. The molecule has 9 heteroatoms. The maximum atomic E-state index is 12.9. The highest BCUT2D eigenvalue weighted by molar-refractivity contribution is 8.18. The van der Waals surface area contributed by atoms with Crippen LogP contribution in [0.2, 0.25) is 0 Å². The second-order valence-electron chi connectivity index (χ2n) is 7.65. The topological polar surface area (TPSA) is 97.3 Å². The summed E-state index contributed by atoms with van der Waals surface area (Å²) in [6.45, 7) is -0.181. The summed E-state index contributed by atoms with van der Waals surface area (Å²) < 4.78 is 10.5. The lowest BCUT2D eigenvalue weighted by molar-refractivity contribution is -0.121. The standard InChI is InChI=1S/C27H23N3O5S/c1-30-25(32)23(36-27(30)29-21-13-8-10-19(15-21)26(33)34-2)16-18-9-6-7-14-22(18)35-17-24(31)28-20-11-4-3-5-12-20/h3-16H,17H2,1-2H3,(H,28,31). The number of aliphatic imine (C=N–C) groups is 1. The Morgan fingerprint density at radius 3 is 2.56 bits per heavy atom. The fourth-order valence-corrected chi connectivity index (χ4v) is 4.29. The third kappa shape index (κ3) is 6.00. The van der Waals surface area contributed by atoms with Gasteiger partial charge in [-0.15, -0.1) is 0 Å². The van der Waals surface area contributed by atoms with Gasteiger partial charge in [0.25, 0.3) is 11.8 Å². The molecule has 1 heterocycles. The Labute approximate surface area is 212 Å². The molecule has 8 nitrogen and oxygen atoms in total. The average molecular weight is 502 g/mol. The van der Waals surface area contributed by atoms with Crippen LogP contribution in [0.15, 0.2) is 88.8 Å². The maximum absolute atomic E-state index is 12.9. The molecule has 0 bridgehead atoms. The van der Waals surface area contributed by atoms with Crippen molar-refractivity contribution in [2.75, 3.05) is 26.1 Å². The second kappa shape index (κ2) is 11.4. The van der Waals surface area contributed by atoms with Crippen LogP contribution in [0.3, 0.4) is 0 Å². The van der Waals surface area contributed by atoms with E-state index < -0.39 is 5.97 Å². The SMILES string of the molecule is COC(=O)c1cccc(N=C2SC(=Cc3ccccc3OCC(=O)Nc3ccccc3)C(=O)N2C)c1. The Balaban J connectivity index is 1.49. The molecule has 3 aromatic carbocycles. The quantitative estimate of drug-likeness (QED) is 0.372. The van der Waals surface area contributed by atoms with E-state index >= 15 is 0 Å². The Hall–Kier alpha value is -4.37. The van der Waals surface area contributed by atoms with Gasteiger partial charge in [0.2, 0.25) is 0 Å². The first-order chi connectivity index (χ1) is 17.4. The number of amides is 2. The second-order valence-corrected chi connectivity index (χ2v) is 8.66. The lowest BCUT2D eigenvalue weighted by atomic mass is 10.2. The van der Waals surface area contributed by atoms with E-state index in [4.69, 9.17) is 9.47 Å². The van der Waals surface area contributed by atoms with E-state index in [0.29, 0.717) is 38.3 Å². The summed E-state index contributed by atoms with van der Waals surface area (Å²) in [5.74, 6) is -0.506. The first-order valence-corrected chi connectivity index (χ1v) is 11.8. The first kappa shape index (κ1) is 24.7. The van der Waals surface area contributed by atoms with E-state index in [2.05, 4.69) is 10.3 Å². The van der Waals surface area contributed by atoms with Crippen molar-refractivity contribution in [3.8, 4) is 5.75 Å². The molecule has 1 saturated heterocycles. The molecule has 0 aliphatic carbocycles. The Morgan fingerprint density at radius 1 is 1.03 bits per heavy atom. The Morgan fingerprint density at radius 2 is 1.78 bits per heavy atom. The molecule has 1 fully saturated rings. The van der Waals surface area contributed by atoms with Gasteiger partial charge in [0.1, 0.15) is 5.75 Å². The Bertz CT molecular complexity index is 1350. The normalized spacial score (nSPS) is 15.3. The number of thioether (sulfide) groups is 1. The zero-order valence-corrected chi connectivity index (χ0v) is 20.5. The number of benzene rings is 3. The lowest BCUT2D eigenvalue weighted by Crippen LogP contribution is -2.23. The highest BCUT2D eigenvalue weighted by Crippen LogP contribution is 2.34. The summed E-state index contributed by atoms with van der Waals surface area (Å²) in [6, 6.07) is 23.0. The van der Waals surface area contributed by atoms with Crippen molar-refractivity contribution in [3.63, 3.8) is 0 Å². The van der Waals surface area contributed by atoms with Crippen LogP contribution in [0.25, 0.3) is 6.08 Å². The number of hydrogen-bond donors (Lipinski definition) is 1. The number of likely N-dealkylation sites (N-methyl/N-ethyl adjacent to an activating group) is 1. The van der Waals surface area contributed by atoms with Crippen molar-refractivity contribution in [2.24, 2.45) is 4.99 Å². The van der Waals surface area contributed by atoms with Crippen LogP contribution >= 0.6 is 11.8 Å². The van der Waals surface area contributed by atoms with E-state index in [1.807, 2.05) is 24.3 Å². The zero-order valence-electron chi connectivity index (χ0n) is 19.6. The van der Waals surface area contributed by atoms with Gasteiger partial charge in [-0.1, -0.05) is 42.5 Å². The van der Waals surface area contributed by atoms with Crippen LogP contribution in [0.1, 0.15) is 15.9 Å². The number of methoxy groups -OCH3 is 1. The third-order valence-electron chi connectivity index (χ3n) is 5.12. The number of carbonyl (C=O) groups is 3. The number of ether oxygens (including phenoxy) is 2. The average Bonchev–Trinajstić information content (AvgIpc) is 3.16. The zero-order chi connectivity index (χ0) is 25.5. The van der Waals surface area contributed by atoms with Crippen molar-refractivity contribution in [1.82, 2.24) is 4.90 Å². The van der Waals surface area contributed by atoms with Gasteiger partial charge in [-0.25, -0.2) is 9.79 Å². The number of amidine groups is 1. The number of esters is 1. The number of hydrogen-bond acceptors (Lipinski definition) is 7. The molecule has 3 aromatic rings. The highest BCUT2D eigenvalue weighted by Gasteiger charge is 2.30. The third-order valence-corrected chi connectivity index (χ3v) is 6.18. The van der Waals surface area contributed by atoms with Crippen molar-refractivity contribution in [2.45, 2.75) is 0 Å². The molecule has 182 valence electrons. The minimum absolute atomic E-state index is 0.181. The number of nitrogens with one attached hydrogen (secondary N) is 1. The summed E-state index contributed by atoms with van der Waals surface area (Å²) in [4.78, 5) is 43.4. The monoisotopic (exact) mass is 501 g/mol. The maximum Gasteiger partial charge on any atom is 0.337 e. The summed E-state index contributed by atoms with van der Waals surface area (Å²) in [5, 5.41) is 3.24. The predicted octanol–water partition coefficient (Wildman–Crippen LogP) is 4.72. The molecule has 0 aromatic heterocycles. The predicted molar refractivity (Wildman–Crippen MR) is 140 cm³/mol. The molecule has 4 rings (SSSR count). The molecule has 0 radical (unpaired) electrons. The molecule has 0 unspecified atom stereocenters. The van der Waals surface area contributed by atoms with Crippen LogP contribution in [0.4, 0.5) is 11.4 Å². The fourth-order valence-electron chi connectivity index (χ4n) is 3.32. The molecule has 1 aliphatic rings. The number of anilines is 1. The lowest BCUT2D eigenvalue weighted by Gasteiger charge is -2.10. The van der Waals surface area contributed by atoms with E-state index in [1.54, 1.807) is 67.7 Å². The van der Waals surface area contributed by atoms with E-state index in [9.17, 15) is 14.4 Å². The number of para-hydroxylation sites is 2. The smallest absolute Gasteiger partial charge is 0.337 e. The molecular weight excluding hydrogens is 478 g/mol. The van der Waals surface area contributed by atoms with Crippen molar-refractivity contribution < 1.29 is 23.9 Å². The summed E-state index contributed by atoms with van der Waals surface area (Å²) in [5.41, 5.74) is 2.23. The van der Waals surface area contributed by atoms with Crippen molar-refractivity contribution >= 4 is 52.2 Å². The molecule has 1 N–H and O–H groups in total. The largest absolute Gasteiger partial charge is 0.483 e. The van der Waals surface area contributed by atoms with Crippen molar-refractivity contribution in [3.05, 3.63) is 94.9 Å². The van der Waals surface area contributed by atoms with Crippen LogP contribution in [0.5, 0.6) is 5.75 Å². The summed E-state index contributed by atoms with van der Waals surface area (Å²) >= 11 is 1.21. The van der Waals surface area contributed by atoms with Gasteiger partial charge in [-0.2, -0.15) is 0 Å². The van der Waals surface area contributed by atoms with Gasteiger partial charge in [-0.3, -0.25) is 14.5 Å². The summed E-state index contributed by atoms with van der Waals surface area (Å²) in [6.07, 6.45) is 1.71. The van der Waals surface area contributed by atoms with Crippen LogP contribution in [-0.4, -0.2) is 48.6 Å². The van der Waals surface area contributed by atoms with E-state index in [1.165, 1.54) is 23.8 Å². The van der Waals surface area contributed by atoms with Crippen molar-refractivity contribution in [1.29, 1.82) is 0 Å². The first-order valence-electron chi connectivity index (χ1n) is 11.0. The van der Waals surface area contributed by atoms with Crippen LogP contribution in [-0.2, 0) is 14.3 Å². The van der Waals surface area contributed by atoms with Gasteiger partial charge in [0.15, 0.2) is 11.8 Å². The van der Waals surface area contributed by atoms with Crippen LogP contribution < -0.4 is 10.1 Å². The van der Waals surface area contributed by atoms with Gasteiger partial charge >= 0.3 is 5.97 Å². The van der Waals surface area contributed by atoms with Gasteiger partial charge < -0.3 is 14.8 Å². The van der Waals surface area contributed by atoms with Crippen LogP contribution in [0, 0.1) is 0 Å². The minimum atomic E-state index is -0.463. The molecule has 36 heavy (non-hydrogen) atoms. The summed E-state index contributed by atoms with van der Waals surface area (Å²) in [7, 11) is 2.95. The number of carbonyl (C=O) groups excluding carboxylic acids is 3. The molecule has 2 amide bonds. The fraction of sp³-hybridized carbons (Fsp3) is 0.111. The minimum Gasteiger partial charge on any atom is -0.483 e. The number of nitrogens with zero attached hydrogens (tertiary/aromatic N) is 2. The van der Waals surface area contributed by atoms with Gasteiger partial charge in [0, 0.05) is 18.3 Å². The molecular formula is C27H23N3O5S. The molecule has 1 aliphatic heterocycles. The number of rotatable bonds is 7. The molecule has 0 spiro atoms. The Kier molecular flexibility index (Phi) is 7.82. The molecule has 0 saturated carbocycles. The van der Waals surface area contributed by atoms with Gasteiger partial charge in [-0.05, 0) is 54.2 Å². The van der Waals surface area contributed by atoms with E-state index in [0.717, 1.165) is 0 Å². The van der Waals surface area contributed by atoms with E-state index in [-0.39, 0.29) is 18.4 Å².